The smallest absolute Gasteiger partial charge is 0.485 e. The summed E-state index contributed by atoms with van der Waals surface area (Å²) < 4.78 is 45.6. The summed E-state index contributed by atoms with van der Waals surface area (Å²) in [7, 11) is 1.41. The Hall–Kier alpha value is -1.39. The maximum Gasteiger partial charge on any atom is 0.485 e. The number of anilines is 1. The van der Waals surface area contributed by atoms with Crippen LogP contribution in [0.3, 0.4) is 0 Å². The Kier molecular flexibility index (Phi) is 5.01. The SMILES string of the molecule is COc1ccc(C)cc1N(CC1CCCCC1)C(F)(F)F. The predicted molar refractivity (Wildman–Crippen MR) is 77.7 cm³/mol. The molecule has 2 rings (SSSR count). The fraction of sp³-hybridized carbons (Fsp3) is 0.625. The standard InChI is InChI=1S/C16H22F3NO/c1-12-8-9-15(21-2)14(10-12)20(16(17,18)19)11-13-6-4-3-5-7-13/h8-10,13H,3-7,11H2,1-2H3. The van der Waals surface area contributed by atoms with Crippen molar-refractivity contribution in [2.45, 2.75) is 45.3 Å². The molecule has 0 radical (unpaired) electrons. The average Bonchev–Trinajstić information content (AvgIpc) is 2.44. The third-order valence-electron chi connectivity index (χ3n) is 4.10. The molecule has 1 fully saturated rings. The van der Waals surface area contributed by atoms with Gasteiger partial charge in [-0.25, -0.2) is 0 Å². The Balaban J connectivity index is 2.29. The van der Waals surface area contributed by atoms with Gasteiger partial charge in [0.05, 0.1) is 12.8 Å². The summed E-state index contributed by atoms with van der Waals surface area (Å²) in [5.41, 5.74) is 0.916. The van der Waals surface area contributed by atoms with Crippen LogP contribution in [0.5, 0.6) is 5.75 Å². The van der Waals surface area contributed by atoms with Crippen molar-refractivity contribution in [2.75, 3.05) is 18.6 Å². The molecule has 1 aromatic rings. The molecule has 0 heterocycles. The van der Waals surface area contributed by atoms with Crippen molar-refractivity contribution in [1.29, 1.82) is 0 Å². The van der Waals surface area contributed by atoms with Crippen LogP contribution in [-0.2, 0) is 0 Å². The molecule has 1 aromatic carbocycles. The van der Waals surface area contributed by atoms with Crippen molar-refractivity contribution in [1.82, 2.24) is 0 Å². The van der Waals surface area contributed by atoms with Gasteiger partial charge in [-0.05, 0) is 43.4 Å². The van der Waals surface area contributed by atoms with Crippen LogP contribution >= 0.6 is 0 Å². The van der Waals surface area contributed by atoms with Gasteiger partial charge in [-0.2, -0.15) is 13.2 Å². The van der Waals surface area contributed by atoms with E-state index < -0.39 is 6.30 Å². The molecule has 1 aliphatic rings. The highest BCUT2D eigenvalue weighted by atomic mass is 19.4. The Morgan fingerprint density at radius 1 is 1.19 bits per heavy atom. The molecule has 0 amide bonds. The Bertz CT molecular complexity index is 467. The van der Waals surface area contributed by atoms with E-state index in [4.69, 9.17) is 4.74 Å². The van der Waals surface area contributed by atoms with Crippen molar-refractivity contribution >= 4 is 5.69 Å². The molecule has 118 valence electrons. The van der Waals surface area contributed by atoms with Gasteiger partial charge in [0.15, 0.2) is 0 Å². The molecular weight excluding hydrogens is 279 g/mol. The van der Waals surface area contributed by atoms with Crippen LogP contribution in [-0.4, -0.2) is 20.0 Å². The number of benzene rings is 1. The fourth-order valence-electron chi connectivity index (χ4n) is 2.98. The Labute approximate surface area is 123 Å². The second-order valence-electron chi connectivity index (χ2n) is 5.76. The summed E-state index contributed by atoms with van der Waals surface area (Å²) in [6, 6.07) is 4.91. The minimum atomic E-state index is -4.39. The van der Waals surface area contributed by atoms with Crippen molar-refractivity contribution in [2.24, 2.45) is 5.92 Å². The fourth-order valence-corrected chi connectivity index (χ4v) is 2.98. The predicted octanol–water partition coefficient (Wildman–Crippen LogP) is 4.91. The summed E-state index contributed by atoms with van der Waals surface area (Å²) in [6.45, 7) is 1.81. The lowest BCUT2D eigenvalue weighted by Crippen LogP contribution is -2.42. The number of hydrogen-bond donors (Lipinski definition) is 0. The zero-order valence-corrected chi connectivity index (χ0v) is 12.5. The van der Waals surface area contributed by atoms with E-state index >= 15 is 0 Å². The molecule has 0 spiro atoms. The molecule has 0 atom stereocenters. The third kappa shape index (κ3) is 4.05. The van der Waals surface area contributed by atoms with Gasteiger partial charge < -0.3 is 4.74 Å². The molecule has 5 heteroatoms. The highest BCUT2D eigenvalue weighted by Crippen LogP contribution is 2.38. The summed E-state index contributed by atoms with van der Waals surface area (Å²) in [4.78, 5) is 0.550. The molecule has 0 saturated heterocycles. The first-order valence-corrected chi connectivity index (χ1v) is 7.41. The van der Waals surface area contributed by atoms with E-state index in [1.807, 2.05) is 0 Å². The molecule has 0 unspecified atom stereocenters. The van der Waals surface area contributed by atoms with Gasteiger partial charge in [-0.3, -0.25) is 4.90 Å². The first-order valence-electron chi connectivity index (χ1n) is 7.41. The molecular formula is C16H22F3NO. The lowest BCUT2D eigenvalue weighted by Gasteiger charge is -2.33. The quantitative estimate of drug-likeness (QED) is 0.733. The first kappa shape index (κ1) is 16.0. The van der Waals surface area contributed by atoms with Crippen LogP contribution in [0.2, 0.25) is 0 Å². The van der Waals surface area contributed by atoms with E-state index in [2.05, 4.69) is 0 Å². The summed E-state index contributed by atoms with van der Waals surface area (Å²) in [5, 5.41) is 0. The average molecular weight is 301 g/mol. The van der Waals surface area contributed by atoms with Crippen molar-refractivity contribution < 1.29 is 17.9 Å². The second kappa shape index (κ2) is 6.58. The normalized spacial score (nSPS) is 16.8. The molecule has 1 saturated carbocycles. The maximum atomic E-state index is 13.5. The van der Waals surface area contributed by atoms with Crippen LogP contribution in [0.15, 0.2) is 18.2 Å². The molecule has 0 aliphatic heterocycles. The number of alkyl halides is 3. The van der Waals surface area contributed by atoms with Gasteiger partial charge >= 0.3 is 6.30 Å². The van der Waals surface area contributed by atoms with E-state index in [-0.39, 0.29) is 23.9 Å². The van der Waals surface area contributed by atoms with Gasteiger partial charge in [0.25, 0.3) is 0 Å². The third-order valence-corrected chi connectivity index (χ3v) is 4.10. The largest absolute Gasteiger partial charge is 0.495 e. The number of rotatable bonds is 4. The molecule has 0 N–H and O–H groups in total. The van der Waals surface area contributed by atoms with Gasteiger partial charge in [-0.15, -0.1) is 0 Å². The van der Waals surface area contributed by atoms with E-state index in [0.717, 1.165) is 37.7 Å². The Morgan fingerprint density at radius 3 is 2.43 bits per heavy atom. The van der Waals surface area contributed by atoms with Gasteiger partial charge in [-0.1, -0.05) is 25.3 Å². The van der Waals surface area contributed by atoms with Crippen molar-refractivity contribution in [3.63, 3.8) is 0 Å². The summed E-state index contributed by atoms with van der Waals surface area (Å²) in [6.07, 6.45) is 0.554. The number of nitrogens with zero attached hydrogens (tertiary/aromatic N) is 1. The van der Waals surface area contributed by atoms with Gasteiger partial charge in [0, 0.05) is 6.54 Å². The number of hydrogen-bond acceptors (Lipinski definition) is 2. The van der Waals surface area contributed by atoms with Crippen LogP contribution in [0, 0.1) is 12.8 Å². The molecule has 0 aromatic heterocycles. The van der Waals surface area contributed by atoms with Gasteiger partial charge in [0.2, 0.25) is 0 Å². The van der Waals surface area contributed by atoms with Crippen molar-refractivity contribution in [3.8, 4) is 5.75 Å². The molecule has 2 nitrogen and oxygen atoms in total. The topological polar surface area (TPSA) is 12.5 Å². The highest BCUT2D eigenvalue weighted by molar-refractivity contribution is 5.60. The number of aryl methyl sites for hydroxylation is 1. The lowest BCUT2D eigenvalue weighted by atomic mass is 9.89. The summed E-state index contributed by atoms with van der Waals surface area (Å²) in [5.74, 6) is 0.374. The molecule has 21 heavy (non-hydrogen) atoms. The lowest BCUT2D eigenvalue weighted by molar-refractivity contribution is -0.131. The zero-order valence-electron chi connectivity index (χ0n) is 12.5. The zero-order chi connectivity index (χ0) is 15.5. The van der Waals surface area contributed by atoms with Crippen LogP contribution < -0.4 is 9.64 Å². The highest BCUT2D eigenvalue weighted by Gasteiger charge is 2.40. The number of ether oxygens (including phenoxy) is 1. The number of methoxy groups -OCH3 is 1. The molecule has 0 bridgehead atoms. The molecule has 1 aliphatic carbocycles. The van der Waals surface area contributed by atoms with E-state index in [1.54, 1.807) is 25.1 Å². The van der Waals surface area contributed by atoms with E-state index in [0.29, 0.717) is 4.90 Å². The van der Waals surface area contributed by atoms with Gasteiger partial charge in [0.1, 0.15) is 5.75 Å². The second-order valence-corrected chi connectivity index (χ2v) is 5.76. The minimum absolute atomic E-state index is 0.0172. The van der Waals surface area contributed by atoms with E-state index in [9.17, 15) is 13.2 Å². The summed E-state index contributed by atoms with van der Waals surface area (Å²) >= 11 is 0. The number of halogens is 3. The minimum Gasteiger partial charge on any atom is -0.495 e. The van der Waals surface area contributed by atoms with Crippen LogP contribution in [0.25, 0.3) is 0 Å². The van der Waals surface area contributed by atoms with Crippen LogP contribution in [0.4, 0.5) is 18.9 Å². The van der Waals surface area contributed by atoms with E-state index in [1.165, 1.54) is 7.11 Å². The first-order chi connectivity index (χ1) is 9.91. The van der Waals surface area contributed by atoms with Crippen LogP contribution in [0.1, 0.15) is 37.7 Å². The Morgan fingerprint density at radius 2 is 1.86 bits per heavy atom. The van der Waals surface area contributed by atoms with Crippen molar-refractivity contribution in [3.05, 3.63) is 23.8 Å². The maximum absolute atomic E-state index is 13.5. The monoisotopic (exact) mass is 301 g/mol.